The van der Waals surface area contributed by atoms with Crippen molar-refractivity contribution in [2.45, 2.75) is 25.2 Å². The predicted octanol–water partition coefficient (Wildman–Crippen LogP) is 3.81. The van der Waals surface area contributed by atoms with Crippen molar-refractivity contribution in [1.29, 1.82) is 0 Å². The summed E-state index contributed by atoms with van der Waals surface area (Å²) in [6.07, 6.45) is 3.57. The van der Waals surface area contributed by atoms with Gasteiger partial charge in [0.15, 0.2) is 0 Å². The number of thiophene rings is 1. The van der Waals surface area contributed by atoms with Crippen molar-refractivity contribution in [1.82, 2.24) is 0 Å². The number of nitrogens with two attached hydrogens (primary N) is 1. The highest BCUT2D eigenvalue weighted by Crippen LogP contribution is 2.21. The Balaban J connectivity index is 1.84. The molecule has 1 atom stereocenters. The summed E-state index contributed by atoms with van der Waals surface area (Å²) in [5.74, 6) is 0.509. The molecule has 90 valence electrons. The van der Waals surface area contributed by atoms with Gasteiger partial charge in [-0.15, -0.1) is 0 Å². The summed E-state index contributed by atoms with van der Waals surface area (Å²) in [6.45, 7) is 0.744. The standard InChI is InChI=1S/C15H19NS/c16-11-15(14-6-2-1-3-7-14)8-4-5-13-9-10-17-12-13/h1-3,6-7,9-10,12,15H,4-5,8,11,16H2. The van der Waals surface area contributed by atoms with Crippen LogP contribution in [-0.2, 0) is 6.42 Å². The van der Waals surface area contributed by atoms with E-state index in [0.29, 0.717) is 5.92 Å². The molecule has 0 aliphatic carbocycles. The Morgan fingerprint density at radius 1 is 1.12 bits per heavy atom. The molecule has 0 bridgehead atoms. The monoisotopic (exact) mass is 245 g/mol. The normalized spacial score (nSPS) is 12.5. The van der Waals surface area contributed by atoms with E-state index in [1.807, 2.05) is 0 Å². The van der Waals surface area contributed by atoms with Crippen molar-refractivity contribution in [3.63, 3.8) is 0 Å². The van der Waals surface area contributed by atoms with E-state index >= 15 is 0 Å². The maximum Gasteiger partial charge on any atom is -0.000824 e. The maximum atomic E-state index is 5.87. The summed E-state index contributed by atoms with van der Waals surface area (Å²) in [5, 5.41) is 4.38. The van der Waals surface area contributed by atoms with Crippen LogP contribution in [-0.4, -0.2) is 6.54 Å². The van der Waals surface area contributed by atoms with Crippen molar-refractivity contribution in [2.75, 3.05) is 6.54 Å². The fourth-order valence-corrected chi connectivity index (χ4v) is 2.84. The fourth-order valence-electron chi connectivity index (χ4n) is 2.13. The maximum absolute atomic E-state index is 5.87. The van der Waals surface area contributed by atoms with E-state index in [-0.39, 0.29) is 0 Å². The van der Waals surface area contributed by atoms with Crippen LogP contribution in [0.25, 0.3) is 0 Å². The summed E-state index contributed by atoms with van der Waals surface area (Å²) in [4.78, 5) is 0. The Morgan fingerprint density at radius 3 is 2.59 bits per heavy atom. The van der Waals surface area contributed by atoms with Crippen LogP contribution in [0, 0.1) is 0 Å². The van der Waals surface area contributed by atoms with E-state index in [0.717, 1.165) is 6.54 Å². The molecule has 0 radical (unpaired) electrons. The van der Waals surface area contributed by atoms with Gasteiger partial charge >= 0.3 is 0 Å². The molecule has 1 unspecified atom stereocenters. The van der Waals surface area contributed by atoms with Gasteiger partial charge in [-0.25, -0.2) is 0 Å². The van der Waals surface area contributed by atoms with Crippen LogP contribution in [0.1, 0.15) is 29.9 Å². The predicted molar refractivity (Wildman–Crippen MR) is 75.5 cm³/mol. The van der Waals surface area contributed by atoms with Crippen molar-refractivity contribution in [3.8, 4) is 0 Å². The molecular formula is C15H19NS. The highest BCUT2D eigenvalue weighted by atomic mass is 32.1. The van der Waals surface area contributed by atoms with E-state index in [1.54, 1.807) is 11.3 Å². The van der Waals surface area contributed by atoms with Gasteiger partial charge in [-0.05, 0) is 59.7 Å². The van der Waals surface area contributed by atoms with E-state index < -0.39 is 0 Å². The van der Waals surface area contributed by atoms with Gasteiger partial charge in [-0.3, -0.25) is 0 Å². The second-order valence-electron chi connectivity index (χ2n) is 4.37. The van der Waals surface area contributed by atoms with E-state index in [2.05, 4.69) is 47.2 Å². The summed E-state index contributed by atoms with van der Waals surface area (Å²) in [7, 11) is 0. The third kappa shape index (κ3) is 3.69. The van der Waals surface area contributed by atoms with Gasteiger partial charge in [0.1, 0.15) is 0 Å². The van der Waals surface area contributed by atoms with Gasteiger partial charge in [0.05, 0.1) is 0 Å². The Hall–Kier alpha value is -1.12. The highest BCUT2D eigenvalue weighted by Gasteiger charge is 2.08. The number of hydrogen-bond donors (Lipinski definition) is 1. The molecule has 1 heterocycles. The van der Waals surface area contributed by atoms with Crippen molar-refractivity contribution in [2.24, 2.45) is 5.73 Å². The lowest BCUT2D eigenvalue weighted by Gasteiger charge is -2.14. The minimum atomic E-state index is 0.509. The SMILES string of the molecule is NCC(CCCc1ccsc1)c1ccccc1. The Bertz CT molecular complexity index is 408. The molecule has 0 saturated carbocycles. The number of aryl methyl sites for hydroxylation is 1. The van der Waals surface area contributed by atoms with Gasteiger partial charge in [-0.2, -0.15) is 11.3 Å². The first-order chi connectivity index (χ1) is 8.40. The molecule has 1 aromatic carbocycles. The summed E-state index contributed by atoms with van der Waals surface area (Å²) in [5.41, 5.74) is 8.70. The van der Waals surface area contributed by atoms with Crippen LogP contribution in [0.5, 0.6) is 0 Å². The fraction of sp³-hybridized carbons (Fsp3) is 0.333. The van der Waals surface area contributed by atoms with Gasteiger partial charge in [0.2, 0.25) is 0 Å². The topological polar surface area (TPSA) is 26.0 Å². The van der Waals surface area contributed by atoms with E-state index in [1.165, 1.54) is 30.4 Å². The number of rotatable bonds is 6. The first-order valence-electron chi connectivity index (χ1n) is 6.16. The molecule has 0 aliphatic rings. The molecule has 1 aromatic heterocycles. The van der Waals surface area contributed by atoms with Crippen LogP contribution in [0.15, 0.2) is 47.2 Å². The molecule has 17 heavy (non-hydrogen) atoms. The van der Waals surface area contributed by atoms with E-state index in [9.17, 15) is 0 Å². The van der Waals surface area contributed by atoms with E-state index in [4.69, 9.17) is 5.73 Å². The molecule has 1 nitrogen and oxygen atoms in total. The highest BCUT2D eigenvalue weighted by molar-refractivity contribution is 7.07. The Labute approximate surface area is 107 Å². The lowest BCUT2D eigenvalue weighted by Crippen LogP contribution is -2.12. The minimum absolute atomic E-state index is 0.509. The molecule has 2 aromatic rings. The lowest BCUT2D eigenvalue weighted by molar-refractivity contribution is 0.599. The van der Waals surface area contributed by atoms with Crippen molar-refractivity contribution >= 4 is 11.3 Å². The molecule has 2 heteroatoms. The number of benzene rings is 1. The summed E-state index contributed by atoms with van der Waals surface area (Å²) in [6, 6.07) is 12.8. The number of hydrogen-bond acceptors (Lipinski definition) is 2. The molecule has 2 N–H and O–H groups in total. The van der Waals surface area contributed by atoms with Crippen LogP contribution < -0.4 is 5.73 Å². The lowest BCUT2D eigenvalue weighted by atomic mass is 9.93. The summed E-state index contributed by atoms with van der Waals surface area (Å²) < 4.78 is 0. The van der Waals surface area contributed by atoms with Crippen LogP contribution >= 0.6 is 11.3 Å². The van der Waals surface area contributed by atoms with Crippen molar-refractivity contribution in [3.05, 3.63) is 58.3 Å². The molecule has 2 rings (SSSR count). The second kappa shape index (κ2) is 6.58. The third-order valence-electron chi connectivity index (χ3n) is 3.15. The average Bonchev–Trinajstić information content (AvgIpc) is 2.89. The smallest absolute Gasteiger partial charge is 0.000824 e. The van der Waals surface area contributed by atoms with Crippen LogP contribution in [0.3, 0.4) is 0 Å². The van der Waals surface area contributed by atoms with Gasteiger partial charge in [0.25, 0.3) is 0 Å². The zero-order valence-electron chi connectivity index (χ0n) is 10.0. The van der Waals surface area contributed by atoms with Gasteiger partial charge in [-0.1, -0.05) is 30.3 Å². The van der Waals surface area contributed by atoms with Crippen molar-refractivity contribution < 1.29 is 0 Å². The molecule has 0 aliphatic heterocycles. The molecule has 0 fully saturated rings. The molecule has 0 amide bonds. The quantitative estimate of drug-likeness (QED) is 0.822. The van der Waals surface area contributed by atoms with Crippen LogP contribution in [0.2, 0.25) is 0 Å². The first kappa shape index (κ1) is 12.3. The Kier molecular flexibility index (Phi) is 4.77. The third-order valence-corrected chi connectivity index (χ3v) is 3.89. The average molecular weight is 245 g/mol. The molecule has 0 saturated heterocycles. The van der Waals surface area contributed by atoms with Crippen LogP contribution in [0.4, 0.5) is 0 Å². The Morgan fingerprint density at radius 2 is 1.94 bits per heavy atom. The van der Waals surface area contributed by atoms with Gasteiger partial charge in [0, 0.05) is 0 Å². The van der Waals surface area contributed by atoms with Gasteiger partial charge < -0.3 is 5.73 Å². The zero-order chi connectivity index (χ0) is 11.9. The minimum Gasteiger partial charge on any atom is -0.330 e. The zero-order valence-corrected chi connectivity index (χ0v) is 10.8. The molecular weight excluding hydrogens is 226 g/mol. The first-order valence-corrected chi connectivity index (χ1v) is 7.10. The summed E-state index contributed by atoms with van der Waals surface area (Å²) >= 11 is 1.78. The largest absolute Gasteiger partial charge is 0.330 e. The molecule has 0 spiro atoms. The second-order valence-corrected chi connectivity index (χ2v) is 5.15.